The highest BCUT2D eigenvalue weighted by atomic mass is 16.2. The first-order valence-corrected chi connectivity index (χ1v) is 6.60. The maximum Gasteiger partial charge on any atom is 0.271 e. The van der Waals surface area contributed by atoms with Crippen molar-refractivity contribution in [3.05, 3.63) is 18.0 Å². The zero-order valence-electron chi connectivity index (χ0n) is 11.1. The van der Waals surface area contributed by atoms with E-state index in [1.165, 1.54) is 0 Å². The van der Waals surface area contributed by atoms with Crippen molar-refractivity contribution < 1.29 is 9.59 Å². The Labute approximate surface area is 112 Å². The Morgan fingerprint density at radius 2 is 2.16 bits per heavy atom. The van der Waals surface area contributed by atoms with E-state index in [9.17, 15) is 9.59 Å². The molecule has 0 aromatic carbocycles. The van der Waals surface area contributed by atoms with E-state index in [1.54, 1.807) is 21.7 Å². The molecule has 2 rings (SSSR count). The van der Waals surface area contributed by atoms with Gasteiger partial charge in [0.25, 0.3) is 5.91 Å². The monoisotopic (exact) mass is 264 g/mol. The smallest absolute Gasteiger partial charge is 0.271 e. The van der Waals surface area contributed by atoms with E-state index in [2.05, 4.69) is 0 Å². The van der Waals surface area contributed by atoms with Gasteiger partial charge in [0.1, 0.15) is 11.7 Å². The van der Waals surface area contributed by atoms with E-state index in [0.717, 1.165) is 12.8 Å². The van der Waals surface area contributed by atoms with Gasteiger partial charge in [-0.25, -0.2) is 0 Å². The molecule has 0 bridgehead atoms. The summed E-state index contributed by atoms with van der Waals surface area (Å²) < 4.78 is 1.80. The Kier molecular flexibility index (Phi) is 3.78. The molecule has 0 spiro atoms. The zero-order chi connectivity index (χ0) is 14.0. The third-order valence-corrected chi connectivity index (χ3v) is 3.57. The van der Waals surface area contributed by atoms with E-state index in [1.807, 2.05) is 6.92 Å². The summed E-state index contributed by atoms with van der Waals surface area (Å²) in [4.78, 5) is 25.6. The van der Waals surface area contributed by atoms with Crippen LogP contribution in [0, 0.1) is 0 Å². The van der Waals surface area contributed by atoms with Gasteiger partial charge in [0, 0.05) is 19.3 Å². The second-order valence-electron chi connectivity index (χ2n) is 4.86. The first-order valence-electron chi connectivity index (χ1n) is 6.60. The molecule has 2 amide bonds. The van der Waals surface area contributed by atoms with Crippen molar-refractivity contribution in [3.63, 3.8) is 0 Å². The number of likely N-dealkylation sites (tertiary alicyclic amines) is 1. The van der Waals surface area contributed by atoms with E-state index in [4.69, 9.17) is 11.5 Å². The highest BCUT2D eigenvalue weighted by Crippen LogP contribution is 2.21. The maximum absolute atomic E-state index is 12.5. The van der Waals surface area contributed by atoms with Gasteiger partial charge in [0.2, 0.25) is 5.91 Å². The number of piperidine rings is 1. The van der Waals surface area contributed by atoms with E-state index in [-0.39, 0.29) is 5.91 Å². The number of aromatic nitrogens is 1. The predicted octanol–water partition coefficient (Wildman–Crippen LogP) is 0.570. The molecule has 1 aliphatic heterocycles. The van der Waals surface area contributed by atoms with Crippen molar-refractivity contribution in [2.75, 3.05) is 12.3 Å². The Hall–Kier alpha value is -1.98. The van der Waals surface area contributed by atoms with Gasteiger partial charge in [-0.3, -0.25) is 9.59 Å². The van der Waals surface area contributed by atoms with Crippen LogP contribution in [0.15, 0.2) is 12.3 Å². The normalized spacial score (nSPS) is 19.4. The fraction of sp³-hybridized carbons (Fsp3) is 0.538. The number of nitrogens with zero attached hydrogens (tertiary/aromatic N) is 2. The molecule has 0 saturated carbocycles. The fourth-order valence-electron chi connectivity index (χ4n) is 2.59. The zero-order valence-corrected chi connectivity index (χ0v) is 11.1. The van der Waals surface area contributed by atoms with Crippen LogP contribution in [0.3, 0.4) is 0 Å². The summed E-state index contributed by atoms with van der Waals surface area (Å²) in [5.41, 5.74) is 12.2. The third kappa shape index (κ3) is 2.57. The molecule has 0 aliphatic carbocycles. The highest BCUT2D eigenvalue weighted by molar-refractivity contribution is 5.97. The van der Waals surface area contributed by atoms with E-state index >= 15 is 0 Å². The number of rotatable bonds is 3. The third-order valence-electron chi connectivity index (χ3n) is 3.57. The number of carbonyl (C=O) groups is 2. The average molecular weight is 264 g/mol. The summed E-state index contributed by atoms with van der Waals surface area (Å²) in [5.74, 6) is -0.599. The minimum absolute atomic E-state index is 0.165. The van der Waals surface area contributed by atoms with Gasteiger partial charge in [-0.1, -0.05) is 0 Å². The van der Waals surface area contributed by atoms with Crippen molar-refractivity contribution in [3.8, 4) is 0 Å². The maximum atomic E-state index is 12.5. The SMILES string of the molecule is CCn1cc(N)cc1C(=O)N1CCCCC1C(N)=O. The summed E-state index contributed by atoms with van der Waals surface area (Å²) in [5, 5.41) is 0. The lowest BCUT2D eigenvalue weighted by Crippen LogP contribution is -2.50. The molecule has 1 fully saturated rings. The van der Waals surface area contributed by atoms with Crippen LogP contribution in [0.5, 0.6) is 0 Å². The Balaban J connectivity index is 2.28. The van der Waals surface area contributed by atoms with Crippen LogP contribution in [-0.4, -0.2) is 33.9 Å². The summed E-state index contributed by atoms with van der Waals surface area (Å²) in [7, 11) is 0. The Morgan fingerprint density at radius 1 is 1.42 bits per heavy atom. The number of hydrogen-bond acceptors (Lipinski definition) is 3. The first kappa shape index (κ1) is 13.5. The summed E-state index contributed by atoms with van der Waals surface area (Å²) >= 11 is 0. The molecule has 0 radical (unpaired) electrons. The van der Waals surface area contributed by atoms with Crippen molar-refractivity contribution in [1.82, 2.24) is 9.47 Å². The lowest BCUT2D eigenvalue weighted by Gasteiger charge is -2.33. The number of carbonyl (C=O) groups excluding carboxylic acids is 2. The minimum atomic E-state index is -0.498. The molecule has 1 unspecified atom stereocenters. The van der Waals surface area contributed by atoms with Crippen LogP contribution < -0.4 is 11.5 Å². The molecule has 6 heteroatoms. The first-order chi connectivity index (χ1) is 9.04. The van der Waals surface area contributed by atoms with Crippen LogP contribution in [0.4, 0.5) is 5.69 Å². The van der Waals surface area contributed by atoms with Crippen LogP contribution >= 0.6 is 0 Å². The summed E-state index contributed by atoms with van der Waals surface area (Å²) in [6.45, 7) is 3.17. The minimum Gasteiger partial charge on any atom is -0.397 e. The topological polar surface area (TPSA) is 94.3 Å². The molecular weight excluding hydrogens is 244 g/mol. The molecule has 2 heterocycles. The van der Waals surface area contributed by atoms with Crippen molar-refractivity contribution in [1.29, 1.82) is 0 Å². The van der Waals surface area contributed by atoms with Crippen LogP contribution in [0.25, 0.3) is 0 Å². The largest absolute Gasteiger partial charge is 0.397 e. The van der Waals surface area contributed by atoms with Crippen LogP contribution in [0.1, 0.15) is 36.7 Å². The molecule has 1 saturated heterocycles. The molecule has 19 heavy (non-hydrogen) atoms. The van der Waals surface area contributed by atoms with Gasteiger partial charge in [-0.05, 0) is 32.3 Å². The second-order valence-corrected chi connectivity index (χ2v) is 4.86. The quantitative estimate of drug-likeness (QED) is 0.835. The number of nitrogen functional groups attached to an aromatic ring is 1. The highest BCUT2D eigenvalue weighted by Gasteiger charge is 2.32. The van der Waals surface area contributed by atoms with Gasteiger partial charge in [-0.15, -0.1) is 0 Å². The molecule has 4 N–H and O–H groups in total. The number of aryl methyl sites for hydroxylation is 1. The number of hydrogen-bond donors (Lipinski definition) is 2. The van der Waals surface area contributed by atoms with Crippen molar-refractivity contribution in [2.24, 2.45) is 5.73 Å². The lowest BCUT2D eigenvalue weighted by molar-refractivity contribution is -0.123. The fourth-order valence-corrected chi connectivity index (χ4v) is 2.59. The van der Waals surface area contributed by atoms with Gasteiger partial charge in [0.05, 0.1) is 5.69 Å². The summed E-state index contributed by atoms with van der Waals surface area (Å²) in [6, 6.07) is 1.15. The summed E-state index contributed by atoms with van der Waals surface area (Å²) in [6.07, 6.45) is 4.20. The molecule has 1 aromatic rings. The van der Waals surface area contributed by atoms with E-state index < -0.39 is 11.9 Å². The molecule has 1 atom stereocenters. The predicted molar refractivity (Wildman–Crippen MR) is 72.4 cm³/mol. The molecular formula is C13H20N4O2. The lowest BCUT2D eigenvalue weighted by atomic mass is 10.0. The molecule has 6 nitrogen and oxygen atoms in total. The van der Waals surface area contributed by atoms with Gasteiger partial charge < -0.3 is 20.9 Å². The standard InChI is InChI=1S/C13H20N4O2/c1-2-16-8-9(14)7-11(16)13(19)17-6-4-3-5-10(17)12(15)18/h7-8,10H,2-6,14H2,1H3,(H2,15,18). The van der Waals surface area contributed by atoms with Crippen LogP contribution in [-0.2, 0) is 11.3 Å². The number of amides is 2. The second kappa shape index (κ2) is 5.34. The molecule has 104 valence electrons. The number of nitrogens with two attached hydrogens (primary N) is 2. The average Bonchev–Trinajstić information content (AvgIpc) is 2.79. The Morgan fingerprint density at radius 3 is 2.79 bits per heavy atom. The Bertz CT molecular complexity index is 495. The number of anilines is 1. The van der Waals surface area contributed by atoms with Crippen molar-refractivity contribution in [2.45, 2.75) is 38.8 Å². The van der Waals surface area contributed by atoms with Crippen molar-refractivity contribution >= 4 is 17.5 Å². The molecule has 1 aromatic heterocycles. The van der Waals surface area contributed by atoms with Gasteiger partial charge in [0.15, 0.2) is 0 Å². The molecule has 1 aliphatic rings. The van der Waals surface area contributed by atoms with E-state index in [0.29, 0.717) is 30.9 Å². The van der Waals surface area contributed by atoms with Gasteiger partial charge >= 0.3 is 0 Å². The number of primary amides is 1. The van der Waals surface area contributed by atoms with Gasteiger partial charge in [-0.2, -0.15) is 0 Å². The van der Waals surface area contributed by atoms with Crippen LogP contribution in [0.2, 0.25) is 0 Å².